The van der Waals surface area contributed by atoms with Crippen molar-refractivity contribution in [1.82, 2.24) is 34.3 Å². The Morgan fingerprint density at radius 2 is 2.10 bits per heavy atom. The highest BCUT2D eigenvalue weighted by Crippen LogP contribution is 2.31. The van der Waals surface area contributed by atoms with Gasteiger partial charge in [-0.15, -0.1) is 0 Å². The van der Waals surface area contributed by atoms with E-state index in [9.17, 15) is 0 Å². The van der Waals surface area contributed by atoms with Gasteiger partial charge in [-0.05, 0) is 32.0 Å². The van der Waals surface area contributed by atoms with E-state index in [1.807, 2.05) is 41.5 Å². The fourth-order valence-corrected chi connectivity index (χ4v) is 4.00. The lowest BCUT2D eigenvalue weighted by Gasteiger charge is -2.39. The van der Waals surface area contributed by atoms with E-state index < -0.39 is 0 Å². The summed E-state index contributed by atoms with van der Waals surface area (Å²) in [6, 6.07) is 6.60. The van der Waals surface area contributed by atoms with Crippen molar-refractivity contribution in [3.63, 3.8) is 0 Å². The minimum atomic E-state index is 0.494. The van der Waals surface area contributed by atoms with E-state index in [0.717, 1.165) is 41.3 Å². The van der Waals surface area contributed by atoms with Crippen LogP contribution in [0, 0.1) is 6.92 Å². The molecule has 1 unspecified atom stereocenters. The Hall–Kier alpha value is -3.46. The largest absolute Gasteiger partial charge is 0.488 e. The van der Waals surface area contributed by atoms with E-state index in [4.69, 9.17) is 4.74 Å². The highest BCUT2D eigenvalue weighted by molar-refractivity contribution is 5.72. The molecule has 0 bridgehead atoms. The van der Waals surface area contributed by atoms with Gasteiger partial charge in [0, 0.05) is 43.7 Å². The van der Waals surface area contributed by atoms with Gasteiger partial charge in [0.1, 0.15) is 18.1 Å². The van der Waals surface area contributed by atoms with Gasteiger partial charge in [0.2, 0.25) is 0 Å². The molecule has 4 aromatic rings. The number of pyridine rings is 1. The molecule has 160 valence electrons. The smallest absolute Gasteiger partial charge is 0.165 e. The Bertz CT molecular complexity index is 1210. The zero-order chi connectivity index (χ0) is 21.4. The zero-order valence-electron chi connectivity index (χ0n) is 18.0. The zero-order valence-corrected chi connectivity index (χ0v) is 18.0. The van der Waals surface area contributed by atoms with Crippen molar-refractivity contribution in [3.8, 4) is 17.0 Å². The molecule has 1 aliphatic rings. The molecule has 5 rings (SSSR count). The predicted octanol–water partition coefficient (Wildman–Crippen LogP) is 3.05. The van der Waals surface area contributed by atoms with Crippen molar-refractivity contribution < 1.29 is 4.74 Å². The summed E-state index contributed by atoms with van der Waals surface area (Å²) in [5, 5.41) is 12.2. The van der Waals surface area contributed by atoms with E-state index in [2.05, 4.69) is 43.4 Å². The minimum Gasteiger partial charge on any atom is -0.488 e. The summed E-state index contributed by atoms with van der Waals surface area (Å²) in [6.07, 6.45) is 8.34. The van der Waals surface area contributed by atoms with Gasteiger partial charge in [0.05, 0.1) is 23.6 Å². The molecular weight excluding hydrogens is 392 g/mol. The van der Waals surface area contributed by atoms with Crippen LogP contribution in [0.3, 0.4) is 0 Å². The molecule has 0 saturated carbocycles. The number of likely N-dealkylation sites (N-methyl/N-ethyl adjacent to an activating group) is 1. The van der Waals surface area contributed by atoms with Crippen molar-refractivity contribution in [2.45, 2.75) is 26.3 Å². The van der Waals surface area contributed by atoms with Gasteiger partial charge >= 0.3 is 0 Å². The Morgan fingerprint density at radius 1 is 1.19 bits per heavy atom. The fraction of sp³-hybridized carbons (Fsp3) is 0.364. The van der Waals surface area contributed by atoms with E-state index in [1.165, 1.54) is 6.42 Å². The second kappa shape index (κ2) is 7.99. The van der Waals surface area contributed by atoms with E-state index in [1.54, 1.807) is 18.6 Å². The van der Waals surface area contributed by atoms with Gasteiger partial charge < -0.3 is 10.1 Å². The van der Waals surface area contributed by atoms with Crippen LogP contribution in [-0.2, 0) is 7.05 Å². The normalized spacial score (nSPS) is 16.4. The van der Waals surface area contributed by atoms with E-state index in [0.29, 0.717) is 24.3 Å². The molecule has 0 aliphatic carbocycles. The lowest BCUT2D eigenvalue weighted by Crippen LogP contribution is -2.50. The summed E-state index contributed by atoms with van der Waals surface area (Å²) >= 11 is 0. The van der Waals surface area contributed by atoms with Crippen LogP contribution in [0.5, 0.6) is 5.75 Å². The number of hydrogen-bond donors (Lipinski definition) is 1. The van der Waals surface area contributed by atoms with Gasteiger partial charge in [0.15, 0.2) is 11.6 Å². The monoisotopic (exact) mass is 418 g/mol. The molecule has 0 aromatic carbocycles. The van der Waals surface area contributed by atoms with Crippen molar-refractivity contribution in [2.75, 3.05) is 25.0 Å². The standard InChI is InChI=1S/C22H26N8O/c1-4-29-7-6-17(29)14-31-19-12-24-28(3)22(19)16-5-8-30-18(9-16)10-20(27-30)26-21-13-23-11-15(2)25-21/h5,8-13,17H,4,6-7,14H2,1-3H3,(H,25,26,27). The number of ether oxygens (including phenoxy) is 1. The maximum absolute atomic E-state index is 6.18. The molecule has 1 atom stereocenters. The highest BCUT2D eigenvalue weighted by Gasteiger charge is 2.27. The molecule has 1 saturated heterocycles. The highest BCUT2D eigenvalue weighted by atomic mass is 16.5. The average molecular weight is 419 g/mol. The third kappa shape index (κ3) is 3.84. The number of nitrogens with one attached hydrogen (secondary N) is 1. The quantitative estimate of drug-likeness (QED) is 0.494. The second-order valence-electron chi connectivity index (χ2n) is 7.85. The van der Waals surface area contributed by atoms with Gasteiger partial charge in [-0.3, -0.25) is 14.6 Å². The van der Waals surface area contributed by atoms with Gasteiger partial charge in [-0.25, -0.2) is 9.50 Å². The molecule has 9 heteroatoms. The lowest BCUT2D eigenvalue weighted by molar-refractivity contribution is 0.0563. The number of rotatable bonds is 7. The number of fused-ring (bicyclic) bond motifs is 1. The number of anilines is 2. The van der Waals surface area contributed by atoms with Gasteiger partial charge in [-0.2, -0.15) is 10.2 Å². The van der Waals surface area contributed by atoms with Gasteiger partial charge in [-0.1, -0.05) is 6.92 Å². The van der Waals surface area contributed by atoms with Crippen molar-refractivity contribution in [3.05, 3.63) is 48.7 Å². The average Bonchev–Trinajstić information content (AvgIpc) is 3.29. The van der Waals surface area contributed by atoms with Crippen LogP contribution < -0.4 is 10.1 Å². The molecular formula is C22H26N8O. The summed E-state index contributed by atoms with van der Waals surface area (Å²) < 4.78 is 9.87. The molecule has 0 spiro atoms. The predicted molar refractivity (Wildman–Crippen MR) is 119 cm³/mol. The van der Waals surface area contributed by atoms with Crippen LogP contribution in [0.1, 0.15) is 19.0 Å². The molecule has 5 heterocycles. The maximum atomic E-state index is 6.18. The van der Waals surface area contributed by atoms with Crippen LogP contribution in [0.2, 0.25) is 0 Å². The molecule has 1 fully saturated rings. The number of likely N-dealkylation sites (tertiary alicyclic amines) is 1. The molecule has 4 aromatic heterocycles. The van der Waals surface area contributed by atoms with Crippen LogP contribution in [0.25, 0.3) is 16.8 Å². The third-order valence-electron chi connectivity index (χ3n) is 5.76. The van der Waals surface area contributed by atoms with E-state index >= 15 is 0 Å². The van der Waals surface area contributed by atoms with Gasteiger partial charge in [0.25, 0.3) is 0 Å². The van der Waals surface area contributed by atoms with Crippen molar-refractivity contribution in [2.24, 2.45) is 7.05 Å². The topological polar surface area (TPSA) is 85.4 Å². The first kappa shape index (κ1) is 19.5. The Balaban J connectivity index is 1.38. The van der Waals surface area contributed by atoms with Crippen LogP contribution in [-0.4, -0.2) is 60.0 Å². The first-order chi connectivity index (χ1) is 15.1. The van der Waals surface area contributed by atoms with Crippen LogP contribution in [0.15, 0.2) is 43.0 Å². The van der Waals surface area contributed by atoms with E-state index in [-0.39, 0.29) is 0 Å². The Kier molecular flexibility index (Phi) is 5.03. The second-order valence-corrected chi connectivity index (χ2v) is 7.85. The summed E-state index contributed by atoms with van der Waals surface area (Å²) in [6.45, 7) is 7.01. The summed E-state index contributed by atoms with van der Waals surface area (Å²) in [7, 11) is 1.94. The maximum Gasteiger partial charge on any atom is 0.165 e. The van der Waals surface area contributed by atoms with Crippen LogP contribution >= 0.6 is 0 Å². The summed E-state index contributed by atoms with van der Waals surface area (Å²) in [5.41, 5.74) is 3.81. The van der Waals surface area contributed by atoms with Crippen molar-refractivity contribution in [1.29, 1.82) is 0 Å². The first-order valence-electron chi connectivity index (χ1n) is 10.5. The Morgan fingerprint density at radius 3 is 2.87 bits per heavy atom. The van der Waals surface area contributed by atoms with Crippen LogP contribution in [0.4, 0.5) is 11.6 Å². The summed E-state index contributed by atoms with van der Waals surface area (Å²) in [5.74, 6) is 2.19. The molecule has 31 heavy (non-hydrogen) atoms. The SMILES string of the molecule is CCN1CCC1COc1cnn(C)c1-c1ccn2nc(Nc3cncc(C)n3)cc2c1. The lowest BCUT2D eigenvalue weighted by atomic mass is 10.0. The number of aromatic nitrogens is 6. The molecule has 1 aliphatic heterocycles. The number of nitrogens with zero attached hydrogens (tertiary/aromatic N) is 7. The third-order valence-corrected chi connectivity index (χ3v) is 5.76. The molecule has 0 radical (unpaired) electrons. The first-order valence-corrected chi connectivity index (χ1v) is 10.5. The number of aryl methyl sites for hydroxylation is 2. The molecule has 1 N–H and O–H groups in total. The summed E-state index contributed by atoms with van der Waals surface area (Å²) in [4.78, 5) is 11.0. The van der Waals surface area contributed by atoms with Crippen molar-refractivity contribution >= 4 is 17.2 Å². The molecule has 0 amide bonds. The Labute approximate surface area is 180 Å². The molecule has 9 nitrogen and oxygen atoms in total. The minimum absolute atomic E-state index is 0.494. The fourth-order valence-electron chi connectivity index (χ4n) is 4.00. The number of hydrogen-bond acceptors (Lipinski definition) is 7.